The Hall–Kier alpha value is -1.56. The minimum absolute atomic E-state index is 0.257. The van der Waals surface area contributed by atoms with Gasteiger partial charge in [-0.25, -0.2) is 0 Å². The van der Waals surface area contributed by atoms with E-state index in [1.54, 1.807) is 18.5 Å². The van der Waals surface area contributed by atoms with Crippen molar-refractivity contribution in [2.75, 3.05) is 0 Å². The Kier molecular flexibility index (Phi) is 3.40. The quantitative estimate of drug-likeness (QED) is 0.763. The van der Waals surface area contributed by atoms with Crippen LogP contribution in [0.1, 0.15) is 38.2 Å². The molecule has 0 spiro atoms. The second-order valence-corrected chi connectivity index (χ2v) is 4.48. The van der Waals surface area contributed by atoms with Crippen molar-refractivity contribution in [3.05, 3.63) is 24.0 Å². The number of nitrogens with zero attached hydrogens (tertiary/aromatic N) is 2. The standard InChI is InChI=1S/C13H16N2O/c1-10-2-4-12(5-3-10)16-13-9-15-7-6-11(13)8-14/h6-7,9-10,12H,2-5H2,1H3. The molecule has 0 radical (unpaired) electrons. The van der Waals surface area contributed by atoms with Crippen LogP contribution in [0.25, 0.3) is 0 Å². The maximum Gasteiger partial charge on any atom is 0.155 e. The summed E-state index contributed by atoms with van der Waals surface area (Å²) in [5, 5.41) is 8.93. The fourth-order valence-electron chi connectivity index (χ4n) is 2.09. The fourth-order valence-corrected chi connectivity index (χ4v) is 2.09. The Labute approximate surface area is 96.1 Å². The van der Waals surface area contributed by atoms with Crippen molar-refractivity contribution in [1.82, 2.24) is 4.98 Å². The molecule has 1 aromatic heterocycles. The highest BCUT2D eigenvalue weighted by atomic mass is 16.5. The van der Waals surface area contributed by atoms with Crippen molar-refractivity contribution in [3.63, 3.8) is 0 Å². The average molecular weight is 216 g/mol. The Morgan fingerprint density at radius 1 is 1.38 bits per heavy atom. The monoisotopic (exact) mass is 216 g/mol. The molecule has 1 heterocycles. The highest BCUT2D eigenvalue weighted by Crippen LogP contribution is 2.27. The summed E-state index contributed by atoms with van der Waals surface area (Å²) in [6.07, 6.45) is 8.11. The molecule has 3 nitrogen and oxygen atoms in total. The second kappa shape index (κ2) is 4.98. The van der Waals surface area contributed by atoms with Crippen LogP contribution in [0.2, 0.25) is 0 Å². The Balaban J connectivity index is 2.01. The zero-order valence-corrected chi connectivity index (χ0v) is 9.52. The third kappa shape index (κ3) is 2.52. The van der Waals surface area contributed by atoms with Gasteiger partial charge in [0.05, 0.1) is 17.9 Å². The predicted molar refractivity (Wildman–Crippen MR) is 61.0 cm³/mol. The van der Waals surface area contributed by atoms with E-state index in [-0.39, 0.29) is 6.10 Å². The highest BCUT2D eigenvalue weighted by molar-refractivity contribution is 5.40. The molecule has 1 aliphatic rings. The van der Waals surface area contributed by atoms with E-state index in [2.05, 4.69) is 18.0 Å². The molecule has 2 rings (SSSR count). The lowest BCUT2D eigenvalue weighted by atomic mass is 9.89. The summed E-state index contributed by atoms with van der Waals surface area (Å²) in [5.74, 6) is 1.44. The van der Waals surface area contributed by atoms with E-state index in [1.807, 2.05) is 0 Å². The molecule has 84 valence electrons. The molecule has 1 aromatic rings. The number of ether oxygens (including phenoxy) is 1. The Morgan fingerprint density at radius 2 is 2.12 bits per heavy atom. The zero-order valence-electron chi connectivity index (χ0n) is 9.52. The first-order valence-electron chi connectivity index (χ1n) is 5.80. The van der Waals surface area contributed by atoms with Crippen molar-refractivity contribution in [3.8, 4) is 11.8 Å². The summed E-state index contributed by atoms with van der Waals surface area (Å²) < 4.78 is 5.84. The van der Waals surface area contributed by atoms with E-state index in [0.717, 1.165) is 18.8 Å². The number of pyridine rings is 1. The number of hydrogen-bond acceptors (Lipinski definition) is 3. The van der Waals surface area contributed by atoms with E-state index in [9.17, 15) is 0 Å². The lowest BCUT2D eigenvalue weighted by Crippen LogP contribution is -2.23. The summed E-state index contributed by atoms with van der Waals surface area (Å²) in [6, 6.07) is 3.82. The van der Waals surface area contributed by atoms with E-state index >= 15 is 0 Å². The smallest absolute Gasteiger partial charge is 0.155 e. The first-order chi connectivity index (χ1) is 7.79. The van der Waals surface area contributed by atoms with Gasteiger partial charge in [-0.3, -0.25) is 4.98 Å². The third-order valence-electron chi connectivity index (χ3n) is 3.16. The molecule has 1 aliphatic carbocycles. The Morgan fingerprint density at radius 3 is 2.81 bits per heavy atom. The van der Waals surface area contributed by atoms with Gasteiger partial charge in [0.2, 0.25) is 0 Å². The van der Waals surface area contributed by atoms with Crippen molar-refractivity contribution < 1.29 is 4.74 Å². The third-order valence-corrected chi connectivity index (χ3v) is 3.16. The molecule has 16 heavy (non-hydrogen) atoms. The van der Waals surface area contributed by atoms with Crippen LogP contribution in [0.3, 0.4) is 0 Å². The maximum atomic E-state index is 8.93. The summed E-state index contributed by atoms with van der Waals surface area (Å²) >= 11 is 0. The summed E-state index contributed by atoms with van der Waals surface area (Å²) in [7, 11) is 0. The Bertz CT molecular complexity index is 389. The van der Waals surface area contributed by atoms with Crippen LogP contribution < -0.4 is 4.74 Å². The fraction of sp³-hybridized carbons (Fsp3) is 0.538. The molecule has 0 bridgehead atoms. The van der Waals surface area contributed by atoms with Crippen molar-refractivity contribution >= 4 is 0 Å². The summed E-state index contributed by atoms with van der Waals surface area (Å²) in [6.45, 7) is 2.28. The summed E-state index contributed by atoms with van der Waals surface area (Å²) in [5.41, 5.74) is 0.577. The van der Waals surface area contributed by atoms with Crippen molar-refractivity contribution in [2.45, 2.75) is 38.7 Å². The summed E-state index contributed by atoms with van der Waals surface area (Å²) in [4.78, 5) is 4.00. The molecule has 0 unspecified atom stereocenters. The van der Waals surface area contributed by atoms with Gasteiger partial charge in [0.25, 0.3) is 0 Å². The van der Waals surface area contributed by atoms with Gasteiger partial charge in [-0.05, 0) is 37.7 Å². The van der Waals surface area contributed by atoms with Crippen molar-refractivity contribution in [1.29, 1.82) is 5.26 Å². The average Bonchev–Trinajstić information content (AvgIpc) is 2.33. The number of nitriles is 1. The van der Waals surface area contributed by atoms with Gasteiger partial charge < -0.3 is 4.74 Å². The molecule has 1 saturated carbocycles. The molecule has 0 saturated heterocycles. The molecule has 0 aromatic carbocycles. The SMILES string of the molecule is CC1CCC(Oc2cnccc2C#N)CC1. The maximum absolute atomic E-state index is 8.93. The van der Waals surface area contributed by atoms with Crippen molar-refractivity contribution in [2.24, 2.45) is 5.92 Å². The molecular formula is C13H16N2O. The molecule has 0 amide bonds. The zero-order chi connectivity index (χ0) is 11.4. The van der Waals surface area contributed by atoms with E-state index in [1.165, 1.54) is 12.8 Å². The topological polar surface area (TPSA) is 45.9 Å². The number of rotatable bonds is 2. The largest absolute Gasteiger partial charge is 0.487 e. The molecular weight excluding hydrogens is 200 g/mol. The van der Waals surface area contributed by atoms with E-state index in [0.29, 0.717) is 11.3 Å². The normalized spacial score (nSPS) is 24.8. The van der Waals surface area contributed by atoms with Gasteiger partial charge in [0, 0.05) is 6.20 Å². The van der Waals surface area contributed by atoms with Gasteiger partial charge >= 0.3 is 0 Å². The van der Waals surface area contributed by atoms with Gasteiger partial charge in [-0.1, -0.05) is 6.92 Å². The number of hydrogen-bond donors (Lipinski definition) is 0. The minimum Gasteiger partial charge on any atom is -0.487 e. The molecule has 1 fully saturated rings. The predicted octanol–water partition coefficient (Wildman–Crippen LogP) is 2.91. The minimum atomic E-state index is 0.257. The van der Waals surface area contributed by atoms with Crippen LogP contribution >= 0.6 is 0 Å². The van der Waals surface area contributed by atoms with Gasteiger partial charge in [-0.2, -0.15) is 5.26 Å². The van der Waals surface area contributed by atoms with Gasteiger partial charge in [-0.15, -0.1) is 0 Å². The lowest BCUT2D eigenvalue weighted by Gasteiger charge is -2.26. The van der Waals surface area contributed by atoms with Crippen LogP contribution in [0.4, 0.5) is 0 Å². The van der Waals surface area contributed by atoms with Gasteiger partial charge in [0.15, 0.2) is 5.75 Å². The van der Waals surface area contributed by atoms with Crippen LogP contribution in [0.15, 0.2) is 18.5 Å². The lowest BCUT2D eigenvalue weighted by molar-refractivity contribution is 0.134. The van der Waals surface area contributed by atoms with Crippen LogP contribution in [0.5, 0.6) is 5.75 Å². The van der Waals surface area contributed by atoms with E-state index < -0.39 is 0 Å². The first kappa shape index (κ1) is 10.9. The molecule has 3 heteroatoms. The van der Waals surface area contributed by atoms with Crippen LogP contribution in [-0.2, 0) is 0 Å². The van der Waals surface area contributed by atoms with Crippen LogP contribution in [0, 0.1) is 17.2 Å². The first-order valence-corrected chi connectivity index (χ1v) is 5.80. The highest BCUT2D eigenvalue weighted by Gasteiger charge is 2.20. The molecule has 0 aliphatic heterocycles. The van der Waals surface area contributed by atoms with E-state index in [4.69, 9.17) is 10.00 Å². The molecule has 0 N–H and O–H groups in total. The van der Waals surface area contributed by atoms with Crippen LogP contribution in [-0.4, -0.2) is 11.1 Å². The van der Waals surface area contributed by atoms with Gasteiger partial charge in [0.1, 0.15) is 6.07 Å². The number of aromatic nitrogens is 1. The molecule has 0 atom stereocenters. The second-order valence-electron chi connectivity index (χ2n) is 4.48.